The minimum atomic E-state index is 0.493. The van der Waals surface area contributed by atoms with Gasteiger partial charge in [-0.3, -0.25) is 4.99 Å². The van der Waals surface area contributed by atoms with Crippen LogP contribution in [0, 0.1) is 5.92 Å². The van der Waals surface area contributed by atoms with Gasteiger partial charge in [0.2, 0.25) is 0 Å². The topological polar surface area (TPSA) is 33.6 Å². The van der Waals surface area contributed by atoms with Gasteiger partial charge in [0.25, 0.3) is 0 Å². The summed E-state index contributed by atoms with van der Waals surface area (Å²) in [4.78, 5) is 4.66. The average Bonchev–Trinajstić information content (AvgIpc) is 2.75. The number of hydrogen-bond donors (Lipinski definition) is 1. The fraction of sp³-hybridized carbons (Fsp3) is 0.900. The number of rotatable bonds is 2. The van der Waals surface area contributed by atoms with Gasteiger partial charge in [-0.2, -0.15) is 0 Å². The van der Waals surface area contributed by atoms with Crippen LogP contribution in [0.2, 0.25) is 0 Å². The quantitative estimate of drug-likeness (QED) is 0.756. The summed E-state index contributed by atoms with van der Waals surface area (Å²) in [5, 5.41) is 4.57. The molecule has 2 heterocycles. The molecule has 80 valence electrons. The summed E-state index contributed by atoms with van der Waals surface area (Å²) in [5.74, 6) is 1.79. The summed E-state index contributed by atoms with van der Waals surface area (Å²) in [6.07, 6.45) is 1.12. The number of aliphatic imine (C=N–C) groups is 1. The molecule has 3 nitrogen and oxygen atoms in total. The Hall–Kier alpha value is -0.220. The Labute approximate surface area is 89.7 Å². The second-order valence-electron chi connectivity index (χ2n) is 4.26. The molecule has 0 amide bonds. The van der Waals surface area contributed by atoms with Crippen molar-refractivity contribution in [3.8, 4) is 0 Å². The van der Waals surface area contributed by atoms with E-state index in [9.17, 15) is 0 Å². The Balaban J connectivity index is 1.83. The second-order valence-corrected chi connectivity index (χ2v) is 5.27. The van der Waals surface area contributed by atoms with E-state index in [1.807, 2.05) is 11.8 Å². The number of thioether (sulfide) groups is 1. The van der Waals surface area contributed by atoms with Crippen molar-refractivity contribution in [2.24, 2.45) is 10.9 Å². The summed E-state index contributed by atoms with van der Waals surface area (Å²) in [5.41, 5.74) is 0. The van der Waals surface area contributed by atoms with Crippen LogP contribution in [0.3, 0.4) is 0 Å². The van der Waals surface area contributed by atoms with Gasteiger partial charge < -0.3 is 10.1 Å². The summed E-state index contributed by atoms with van der Waals surface area (Å²) >= 11 is 1.85. The Kier molecular flexibility index (Phi) is 3.34. The molecule has 0 bridgehead atoms. The maximum absolute atomic E-state index is 5.31. The standard InChI is InChI=1S/C10H18N2OS/c1-7(2)9-6-14-10(12-9)11-8-3-4-13-5-8/h7-9H,3-6H2,1-2H3,(H,11,12). The molecule has 2 unspecified atom stereocenters. The van der Waals surface area contributed by atoms with Crippen LogP contribution in [0.15, 0.2) is 4.99 Å². The Morgan fingerprint density at radius 3 is 3.00 bits per heavy atom. The summed E-state index contributed by atoms with van der Waals surface area (Å²) < 4.78 is 5.31. The predicted molar refractivity (Wildman–Crippen MR) is 60.9 cm³/mol. The van der Waals surface area contributed by atoms with E-state index in [0.29, 0.717) is 18.0 Å². The molecule has 0 aliphatic carbocycles. The third kappa shape index (κ3) is 2.42. The number of amidine groups is 1. The first-order valence-corrected chi connectivity index (χ1v) is 6.29. The third-order valence-electron chi connectivity index (χ3n) is 2.70. The molecule has 0 aromatic rings. The van der Waals surface area contributed by atoms with E-state index >= 15 is 0 Å². The van der Waals surface area contributed by atoms with Crippen LogP contribution < -0.4 is 5.32 Å². The molecule has 0 spiro atoms. The van der Waals surface area contributed by atoms with Crippen molar-refractivity contribution in [1.29, 1.82) is 0 Å². The van der Waals surface area contributed by atoms with Crippen LogP contribution in [-0.4, -0.2) is 36.2 Å². The molecule has 0 saturated carbocycles. The minimum absolute atomic E-state index is 0.493. The van der Waals surface area contributed by atoms with Crippen molar-refractivity contribution >= 4 is 16.9 Å². The second kappa shape index (κ2) is 4.53. The van der Waals surface area contributed by atoms with E-state index in [4.69, 9.17) is 4.74 Å². The van der Waals surface area contributed by atoms with Crippen molar-refractivity contribution in [3.05, 3.63) is 0 Å². The molecule has 1 saturated heterocycles. The van der Waals surface area contributed by atoms with E-state index in [2.05, 4.69) is 24.2 Å². The molecular formula is C10H18N2OS. The van der Waals surface area contributed by atoms with Crippen LogP contribution >= 0.6 is 11.8 Å². The van der Waals surface area contributed by atoms with Crippen LogP contribution in [0.5, 0.6) is 0 Å². The lowest BCUT2D eigenvalue weighted by molar-refractivity contribution is 0.192. The van der Waals surface area contributed by atoms with Gasteiger partial charge in [-0.05, 0) is 12.3 Å². The number of nitrogens with zero attached hydrogens (tertiary/aromatic N) is 1. The van der Waals surface area contributed by atoms with Crippen molar-refractivity contribution in [2.75, 3.05) is 19.0 Å². The van der Waals surface area contributed by atoms with Crippen molar-refractivity contribution in [1.82, 2.24) is 5.32 Å². The molecule has 0 aromatic carbocycles. The Bertz CT molecular complexity index is 224. The van der Waals surface area contributed by atoms with Gasteiger partial charge in [-0.1, -0.05) is 25.6 Å². The zero-order valence-electron chi connectivity index (χ0n) is 8.82. The molecule has 0 aromatic heterocycles. The lowest BCUT2D eigenvalue weighted by atomic mass is 10.1. The highest BCUT2D eigenvalue weighted by atomic mass is 32.2. The average molecular weight is 214 g/mol. The smallest absolute Gasteiger partial charge is 0.157 e. The minimum Gasteiger partial charge on any atom is -0.379 e. The molecule has 14 heavy (non-hydrogen) atoms. The van der Waals surface area contributed by atoms with Crippen LogP contribution in [0.25, 0.3) is 0 Å². The third-order valence-corrected chi connectivity index (χ3v) is 3.71. The van der Waals surface area contributed by atoms with Gasteiger partial charge in [0.15, 0.2) is 5.17 Å². The van der Waals surface area contributed by atoms with Crippen LogP contribution in [0.4, 0.5) is 0 Å². The van der Waals surface area contributed by atoms with Crippen LogP contribution in [-0.2, 0) is 4.74 Å². The zero-order chi connectivity index (χ0) is 9.97. The van der Waals surface area contributed by atoms with E-state index in [-0.39, 0.29) is 0 Å². The zero-order valence-corrected chi connectivity index (χ0v) is 9.64. The van der Waals surface area contributed by atoms with Gasteiger partial charge in [0.05, 0.1) is 18.7 Å². The van der Waals surface area contributed by atoms with E-state index in [1.165, 1.54) is 0 Å². The Morgan fingerprint density at radius 2 is 2.43 bits per heavy atom. The SMILES string of the molecule is CC(C)C1CSC(NC2CCOC2)=N1. The molecule has 0 radical (unpaired) electrons. The van der Waals surface area contributed by atoms with Crippen molar-refractivity contribution in [2.45, 2.75) is 32.4 Å². The molecule has 2 aliphatic heterocycles. The fourth-order valence-electron chi connectivity index (χ4n) is 1.63. The predicted octanol–water partition coefficient (Wildman–Crippen LogP) is 1.49. The summed E-state index contributed by atoms with van der Waals surface area (Å²) in [6, 6.07) is 0.997. The highest BCUT2D eigenvalue weighted by molar-refractivity contribution is 8.14. The van der Waals surface area contributed by atoms with Crippen molar-refractivity contribution in [3.63, 3.8) is 0 Å². The van der Waals surface area contributed by atoms with Gasteiger partial charge in [0.1, 0.15) is 0 Å². The van der Waals surface area contributed by atoms with Gasteiger partial charge in [-0.25, -0.2) is 0 Å². The van der Waals surface area contributed by atoms with Gasteiger partial charge in [0, 0.05) is 12.4 Å². The van der Waals surface area contributed by atoms with Gasteiger partial charge in [-0.15, -0.1) is 0 Å². The fourth-order valence-corrected chi connectivity index (χ4v) is 2.88. The first-order valence-electron chi connectivity index (χ1n) is 5.30. The highest BCUT2D eigenvalue weighted by Gasteiger charge is 2.24. The van der Waals surface area contributed by atoms with Crippen molar-refractivity contribution < 1.29 is 4.74 Å². The molecule has 1 fully saturated rings. The lowest BCUT2D eigenvalue weighted by Gasteiger charge is -2.10. The Morgan fingerprint density at radius 1 is 1.57 bits per heavy atom. The van der Waals surface area contributed by atoms with E-state index in [0.717, 1.165) is 30.6 Å². The number of ether oxygens (including phenoxy) is 1. The van der Waals surface area contributed by atoms with Crippen LogP contribution in [0.1, 0.15) is 20.3 Å². The summed E-state index contributed by atoms with van der Waals surface area (Å²) in [7, 11) is 0. The van der Waals surface area contributed by atoms with Gasteiger partial charge >= 0.3 is 0 Å². The maximum atomic E-state index is 5.31. The molecular weight excluding hydrogens is 196 g/mol. The first-order chi connectivity index (χ1) is 6.75. The normalized spacial score (nSPS) is 32.4. The molecule has 4 heteroatoms. The molecule has 2 rings (SSSR count). The van der Waals surface area contributed by atoms with E-state index < -0.39 is 0 Å². The summed E-state index contributed by atoms with van der Waals surface area (Å²) in [6.45, 7) is 6.20. The monoisotopic (exact) mass is 214 g/mol. The largest absolute Gasteiger partial charge is 0.379 e. The van der Waals surface area contributed by atoms with E-state index in [1.54, 1.807) is 0 Å². The number of hydrogen-bond acceptors (Lipinski definition) is 4. The number of nitrogens with one attached hydrogen (secondary N) is 1. The molecule has 2 aliphatic rings. The maximum Gasteiger partial charge on any atom is 0.157 e. The first kappa shape index (κ1) is 10.3. The highest BCUT2D eigenvalue weighted by Crippen LogP contribution is 2.22. The molecule has 2 atom stereocenters. The lowest BCUT2D eigenvalue weighted by Crippen LogP contribution is -2.32. The molecule has 1 N–H and O–H groups in total.